The lowest BCUT2D eigenvalue weighted by Crippen LogP contribution is -2.28. The number of unbranched alkanes of at least 4 members (excludes halogenated alkanes) is 11. The molecule has 0 amide bonds. The molecule has 0 spiro atoms. The minimum absolute atomic E-state index is 0.119. The second-order valence-corrected chi connectivity index (χ2v) is 10.7. The van der Waals surface area contributed by atoms with Crippen molar-refractivity contribution in [1.29, 1.82) is 0 Å². The van der Waals surface area contributed by atoms with Crippen molar-refractivity contribution in [3.05, 3.63) is 85.1 Å². The van der Waals surface area contributed by atoms with Gasteiger partial charge in [0, 0.05) is 12.8 Å². The van der Waals surface area contributed by atoms with Gasteiger partial charge in [-0.3, -0.25) is 9.59 Å². The van der Waals surface area contributed by atoms with E-state index in [2.05, 4.69) is 44.2 Å². The summed E-state index contributed by atoms with van der Waals surface area (Å²) in [4.78, 5) is 24.1. The second kappa shape index (κ2) is 33.6. The van der Waals surface area contributed by atoms with Crippen molar-refractivity contribution in [1.82, 2.24) is 0 Å². The van der Waals surface area contributed by atoms with Gasteiger partial charge < -0.3 is 14.6 Å². The normalized spacial score (nSPS) is 13.3. The monoisotopic (exact) mass is 596 g/mol. The first-order chi connectivity index (χ1) is 21.1. The van der Waals surface area contributed by atoms with E-state index in [4.69, 9.17) is 9.47 Å². The summed E-state index contributed by atoms with van der Waals surface area (Å²) < 4.78 is 10.5. The van der Waals surface area contributed by atoms with E-state index < -0.39 is 6.10 Å². The summed E-state index contributed by atoms with van der Waals surface area (Å²) in [5.74, 6) is -0.720. The smallest absolute Gasteiger partial charge is 0.306 e. The molecule has 5 nitrogen and oxygen atoms in total. The molecule has 0 rings (SSSR count). The van der Waals surface area contributed by atoms with E-state index in [0.29, 0.717) is 12.8 Å². The lowest BCUT2D eigenvalue weighted by Gasteiger charge is -2.15. The van der Waals surface area contributed by atoms with Crippen LogP contribution in [0.5, 0.6) is 0 Å². The van der Waals surface area contributed by atoms with Gasteiger partial charge in [0.15, 0.2) is 6.10 Å². The highest BCUT2D eigenvalue weighted by molar-refractivity contribution is 5.70. The van der Waals surface area contributed by atoms with Gasteiger partial charge in [0.2, 0.25) is 0 Å². The summed E-state index contributed by atoms with van der Waals surface area (Å²) in [6.07, 6.45) is 45.0. The van der Waals surface area contributed by atoms with E-state index in [1.54, 1.807) is 0 Å². The maximum Gasteiger partial charge on any atom is 0.306 e. The molecule has 0 bridgehead atoms. The molecule has 1 unspecified atom stereocenters. The molecule has 1 atom stereocenters. The molecule has 0 radical (unpaired) electrons. The van der Waals surface area contributed by atoms with Crippen molar-refractivity contribution in [2.24, 2.45) is 0 Å². The second-order valence-electron chi connectivity index (χ2n) is 10.7. The summed E-state index contributed by atoms with van der Waals surface area (Å²) in [7, 11) is 0. The van der Waals surface area contributed by atoms with Crippen molar-refractivity contribution in [2.75, 3.05) is 13.2 Å². The Morgan fingerprint density at radius 2 is 1.02 bits per heavy atom. The highest BCUT2D eigenvalue weighted by Gasteiger charge is 2.15. The standard InChI is InChI=1S/C38H60O5/c1-3-5-7-9-11-13-15-17-18-19-21-23-25-27-29-31-33-38(41)43-36(34-39)35-42-37(40)32-30-28-26-24-22-20-16-14-12-10-8-6-4-2/h6,8,10,12,14,16,18-24,26,36,39H,3-5,7,9,11,13,15,17,25,27-35H2,1-2H3/b8-6+,12-10+,16-14+,19-18+,22-20+,23-21+,26-24+. The molecule has 0 aliphatic carbocycles. The Bertz CT molecular complexity index is 860. The predicted molar refractivity (Wildman–Crippen MR) is 182 cm³/mol. The number of allylic oxidation sites excluding steroid dienone is 14. The van der Waals surface area contributed by atoms with Crippen LogP contribution in [0.3, 0.4) is 0 Å². The van der Waals surface area contributed by atoms with Crippen molar-refractivity contribution >= 4 is 11.9 Å². The maximum atomic E-state index is 12.1. The van der Waals surface area contributed by atoms with Crippen LogP contribution in [0.1, 0.15) is 123 Å². The highest BCUT2D eigenvalue weighted by atomic mass is 16.6. The molecule has 43 heavy (non-hydrogen) atoms. The van der Waals surface area contributed by atoms with Crippen molar-refractivity contribution < 1.29 is 24.2 Å². The number of carbonyl (C=O) groups is 2. The molecule has 0 fully saturated rings. The number of aliphatic hydroxyl groups is 1. The lowest BCUT2D eigenvalue weighted by atomic mass is 10.1. The van der Waals surface area contributed by atoms with E-state index in [-0.39, 0.29) is 31.6 Å². The third kappa shape index (κ3) is 31.8. The number of carbonyl (C=O) groups excluding carboxylic acids is 2. The summed E-state index contributed by atoms with van der Waals surface area (Å²) >= 11 is 0. The van der Waals surface area contributed by atoms with Gasteiger partial charge in [-0.25, -0.2) is 0 Å². The maximum absolute atomic E-state index is 12.1. The van der Waals surface area contributed by atoms with Gasteiger partial charge in [-0.2, -0.15) is 0 Å². The average Bonchev–Trinajstić information content (AvgIpc) is 3.01. The highest BCUT2D eigenvalue weighted by Crippen LogP contribution is 2.09. The number of ether oxygens (including phenoxy) is 2. The van der Waals surface area contributed by atoms with Gasteiger partial charge in [-0.05, 0) is 51.4 Å². The average molecular weight is 597 g/mol. The third-order valence-corrected chi connectivity index (χ3v) is 6.58. The fraction of sp³-hybridized carbons (Fsp3) is 0.579. The van der Waals surface area contributed by atoms with E-state index in [0.717, 1.165) is 44.9 Å². The summed E-state index contributed by atoms with van der Waals surface area (Å²) in [6.45, 7) is 3.87. The van der Waals surface area contributed by atoms with Crippen LogP contribution in [0.4, 0.5) is 0 Å². The zero-order chi connectivity index (χ0) is 31.5. The van der Waals surface area contributed by atoms with Gasteiger partial charge in [-0.15, -0.1) is 0 Å². The predicted octanol–water partition coefficient (Wildman–Crippen LogP) is 10.00. The topological polar surface area (TPSA) is 72.8 Å². The van der Waals surface area contributed by atoms with E-state index >= 15 is 0 Å². The number of hydrogen-bond acceptors (Lipinski definition) is 5. The molecular weight excluding hydrogens is 536 g/mol. The Kier molecular flexibility index (Phi) is 31.3. The SMILES string of the molecule is CC/C=C/C=C/C=C/C=C/C=C/CCCC(=O)OCC(CO)OC(=O)CCCCC/C=C/C=C/CCCCCCCCC. The van der Waals surface area contributed by atoms with Crippen LogP contribution in [-0.2, 0) is 19.1 Å². The minimum Gasteiger partial charge on any atom is -0.462 e. The van der Waals surface area contributed by atoms with Crippen LogP contribution in [0.2, 0.25) is 0 Å². The van der Waals surface area contributed by atoms with Crippen molar-refractivity contribution in [3.63, 3.8) is 0 Å². The number of esters is 2. The number of rotatable bonds is 28. The summed E-state index contributed by atoms with van der Waals surface area (Å²) in [5, 5.41) is 9.49. The first-order valence-corrected chi connectivity index (χ1v) is 16.7. The minimum atomic E-state index is -0.817. The molecular formula is C38H60O5. The van der Waals surface area contributed by atoms with Gasteiger partial charge in [0.1, 0.15) is 6.61 Å². The van der Waals surface area contributed by atoms with Crippen molar-refractivity contribution in [3.8, 4) is 0 Å². The molecule has 0 aliphatic rings. The van der Waals surface area contributed by atoms with E-state index in [1.807, 2.05) is 54.7 Å². The fourth-order valence-electron chi connectivity index (χ4n) is 4.04. The molecule has 0 aromatic carbocycles. The van der Waals surface area contributed by atoms with E-state index in [1.165, 1.54) is 44.9 Å². The molecule has 0 saturated heterocycles. The molecule has 0 saturated carbocycles. The molecule has 1 N–H and O–H groups in total. The largest absolute Gasteiger partial charge is 0.462 e. The van der Waals surface area contributed by atoms with Crippen molar-refractivity contribution in [2.45, 2.75) is 129 Å². The molecule has 242 valence electrons. The van der Waals surface area contributed by atoms with Gasteiger partial charge in [-0.1, -0.05) is 144 Å². The van der Waals surface area contributed by atoms with Crippen LogP contribution in [0, 0.1) is 0 Å². The van der Waals surface area contributed by atoms with Crippen LogP contribution < -0.4 is 0 Å². The number of hydrogen-bond donors (Lipinski definition) is 1. The Morgan fingerprint density at radius 1 is 0.558 bits per heavy atom. The molecule has 0 heterocycles. The first-order valence-electron chi connectivity index (χ1n) is 16.7. The van der Waals surface area contributed by atoms with Crippen LogP contribution in [0.25, 0.3) is 0 Å². The van der Waals surface area contributed by atoms with Gasteiger partial charge in [0.05, 0.1) is 6.61 Å². The zero-order valence-electron chi connectivity index (χ0n) is 27.2. The Labute approximate surface area is 263 Å². The molecule has 0 aliphatic heterocycles. The number of aliphatic hydroxyl groups excluding tert-OH is 1. The van der Waals surface area contributed by atoms with Gasteiger partial charge in [0.25, 0.3) is 0 Å². The summed E-state index contributed by atoms with van der Waals surface area (Å²) in [5.41, 5.74) is 0. The van der Waals surface area contributed by atoms with Gasteiger partial charge >= 0.3 is 11.9 Å². The Balaban J connectivity index is 3.79. The quantitative estimate of drug-likeness (QED) is 0.0553. The molecule has 0 aromatic heterocycles. The molecule has 5 heteroatoms. The zero-order valence-corrected chi connectivity index (χ0v) is 27.2. The Hall–Kier alpha value is -2.92. The van der Waals surface area contributed by atoms with E-state index in [9.17, 15) is 14.7 Å². The van der Waals surface area contributed by atoms with Crippen LogP contribution >= 0.6 is 0 Å². The van der Waals surface area contributed by atoms with Crippen LogP contribution in [0.15, 0.2) is 85.1 Å². The fourth-order valence-corrected chi connectivity index (χ4v) is 4.04. The first kappa shape index (κ1) is 40.1. The van der Waals surface area contributed by atoms with Crippen LogP contribution in [-0.4, -0.2) is 36.4 Å². The Morgan fingerprint density at radius 3 is 1.60 bits per heavy atom. The molecule has 0 aromatic rings. The summed E-state index contributed by atoms with van der Waals surface area (Å²) in [6, 6.07) is 0. The third-order valence-electron chi connectivity index (χ3n) is 6.58. The lowest BCUT2D eigenvalue weighted by molar-refractivity contribution is -0.161.